The average Bonchev–Trinajstić information content (AvgIpc) is 0.678. The van der Waals surface area contributed by atoms with Crippen LogP contribution in [-0.4, -0.2) is 13.4 Å². The summed E-state index contributed by atoms with van der Waals surface area (Å²) in [5.74, 6) is 0. The van der Waals surface area contributed by atoms with Crippen LogP contribution in [0, 0.1) is 0 Å². The van der Waals surface area contributed by atoms with Crippen LogP contribution in [0.15, 0.2) is 453 Å². The van der Waals surface area contributed by atoms with E-state index in [1.54, 1.807) is 0 Å². The van der Waals surface area contributed by atoms with E-state index in [1.165, 1.54) is 42.6 Å². The smallest absolute Gasteiger partial charge is 0.252 e. The molecule has 0 atom stereocenters. The van der Waals surface area contributed by atoms with Gasteiger partial charge in [-0.05, 0) is 152 Å². The third-order valence-electron chi connectivity index (χ3n) is 23.6. The van der Waals surface area contributed by atoms with E-state index in [1.807, 2.05) is 11.8 Å². The fourth-order valence-electron chi connectivity index (χ4n) is 18.7. The summed E-state index contributed by atoms with van der Waals surface area (Å²) in [5, 5.41) is 0. The molecule has 22 rings (SSSR count). The molecule has 0 unspecified atom stereocenters. The summed E-state index contributed by atoms with van der Waals surface area (Å²) in [6.07, 6.45) is 0. The van der Waals surface area contributed by atoms with E-state index in [4.69, 9.17) is 0 Å². The van der Waals surface area contributed by atoms with Crippen molar-refractivity contribution < 1.29 is 0 Å². The first kappa shape index (κ1) is 68.3. The molecule has 18 aromatic carbocycles. The minimum Gasteiger partial charge on any atom is -0.311 e. The van der Waals surface area contributed by atoms with Crippen molar-refractivity contribution in [2.45, 2.75) is 9.79 Å². The lowest BCUT2D eigenvalue weighted by Gasteiger charge is -2.47. The Morgan fingerprint density at radius 2 is 0.509 bits per heavy atom. The van der Waals surface area contributed by atoms with Gasteiger partial charge in [0.1, 0.15) is 0 Å². The molecule has 0 aromatic heterocycles. The lowest BCUT2D eigenvalue weighted by molar-refractivity contribution is 1.22. The quantitative estimate of drug-likeness (QED) is 0.0944. The van der Waals surface area contributed by atoms with Gasteiger partial charge >= 0.3 is 0 Å². The Morgan fingerprint density at radius 1 is 0.190 bits per heavy atom. The standard InChI is InChI=1S/C108H73B2N5S/c1-9-38-74(39-10-1)84-54-25-31-62-94(84)111(80-50-21-7-22-51-80)82-68-101-106-102(69-82)115(108-88(78-46-17-5-18-47-78)58-37-59-89(108)79-48-19-6-20-49-79)100-73-104-93(72-92(100)109(106)90-60-29-35-66-98(90)113(101)96-64-33-27-56-86(96)76-42-13-3-14-43-76)110-91-61-30-36-67-99(91)114(97-65-34-28-57-87(97)77-44-15-4-16-45-77)103-70-83(71-105(116-104)107(103)110)112(81-52-23-8-24-53-81)95-63-32-26-55-85(95)75-40-11-2-12-41-75/h1-73H. The zero-order valence-corrected chi connectivity index (χ0v) is 64.3. The Morgan fingerprint density at radius 3 is 0.948 bits per heavy atom. The highest BCUT2D eigenvalue weighted by Gasteiger charge is 2.49. The minimum absolute atomic E-state index is 0.209. The Hall–Kier alpha value is -14.6. The molecule has 0 spiro atoms. The molecule has 0 aliphatic carbocycles. The third kappa shape index (κ3) is 11.5. The van der Waals surface area contributed by atoms with Gasteiger partial charge < -0.3 is 24.5 Å². The first-order valence-electron chi connectivity index (χ1n) is 40.0. The van der Waals surface area contributed by atoms with Crippen molar-refractivity contribution in [3.05, 3.63) is 443 Å². The van der Waals surface area contributed by atoms with Crippen LogP contribution in [-0.2, 0) is 0 Å². The Kier molecular flexibility index (Phi) is 17.0. The molecule has 0 radical (unpaired) electrons. The Bertz CT molecular complexity index is 6720. The third-order valence-corrected chi connectivity index (χ3v) is 24.8. The normalized spacial score (nSPS) is 12.5. The van der Waals surface area contributed by atoms with Crippen LogP contribution in [0.2, 0.25) is 0 Å². The second-order valence-corrected chi connectivity index (χ2v) is 31.2. The maximum atomic E-state index is 2.72. The van der Waals surface area contributed by atoms with Crippen LogP contribution < -0.4 is 57.3 Å². The number of para-hydroxylation sites is 9. The molecular formula is C108H73B2N5S. The number of hydrogen-bond donors (Lipinski definition) is 0. The van der Waals surface area contributed by atoms with Gasteiger partial charge in [-0.15, -0.1) is 0 Å². The molecule has 542 valence electrons. The van der Waals surface area contributed by atoms with Crippen LogP contribution >= 0.6 is 11.8 Å². The molecule has 0 N–H and O–H groups in total. The number of rotatable bonds is 15. The lowest BCUT2D eigenvalue weighted by atomic mass is 9.31. The van der Waals surface area contributed by atoms with Crippen LogP contribution in [0.1, 0.15) is 0 Å². The van der Waals surface area contributed by atoms with E-state index in [0.717, 1.165) is 152 Å². The molecule has 0 fully saturated rings. The molecule has 5 nitrogen and oxygen atoms in total. The predicted molar refractivity (Wildman–Crippen MR) is 492 cm³/mol. The van der Waals surface area contributed by atoms with Gasteiger partial charge in [-0.25, -0.2) is 0 Å². The Balaban J connectivity index is 0.870. The van der Waals surface area contributed by atoms with Crippen LogP contribution in [0.3, 0.4) is 0 Å². The minimum atomic E-state index is -0.279. The van der Waals surface area contributed by atoms with Gasteiger partial charge in [0.15, 0.2) is 0 Å². The van der Waals surface area contributed by atoms with Gasteiger partial charge in [-0.2, -0.15) is 0 Å². The summed E-state index contributed by atoms with van der Waals surface area (Å²) in [4.78, 5) is 15.3. The largest absolute Gasteiger partial charge is 0.311 e. The number of nitrogens with zero attached hydrogens (tertiary/aromatic N) is 5. The van der Waals surface area contributed by atoms with E-state index in [0.29, 0.717) is 0 Å². The maximum absolute atomic E-state index is 2.72. The second-order valence-electron chi connectivity index (χ2n) is 30.1. The summed E-state index contributed by atoms with van der Waals surface area (Å²) in [6.45, 7) is -0.489. The molecule has 4 heterocycles. The monoisotopic (exact) mass is 1490 g/mol. The van der Waals surface area contributed by atoms with E-state index in [2.05, 4.69) is 467 Å². The highest BCUT2D eigenvalue weighted by atomic mass is 32.2. The van der Waals surface area contributed by atoms with Crippen molar-refractivity contribution in [1.82, 2.24) is 0 Å². The number of anilines is 15. The van der Waals surface area contributed by atoms with Crippen molar-refractivity contribution in [3.63, 3.8) is 0 Å². The molecule has 0 bridgehead atoms. The summed E-state index contributed by atoms with van der Waals surface area (Å²) in [5.41, 5.74) is 37.4. The van der Waals surface area contributed by atoms with Crippen molar-refractivity contribution in [2.75, 3.05) is 24.5 Å². The molecule has 0 saturated carbocycles. The summed E-state index contributed by atoms with van der Waals surface area (Å²) in [6, 6.07) is 165. The molecule has 18 aromatic rings. The zero-order chi connectivity index (χ0) is 76.6. The zero-order valence-electron chi connectivity index (χ0n) is 63.4. The average molecular weight is 1490 g/mol. The molecular weight excluding hydrogens is 1420 g/mol. The number of fused-ring (bicyclic) bond motifs is 8. The van der Waals surface area contributed by atoms with E-state index in [-0.39, 0.29) is 13.4 Å². The van der Waals surface area contributed by atoms with Gasteiger partial charge in [-0.1, -0.05) is 369 Å². The van der Waals surface area contributed by atoms with Crippen molar-refractivity contribution in [2.24, 2.45) is 0 Å². The molecule has 4 aliphatic rings. The van der Waals surface area contributed by atoms with E-state index >= 15 is 0 Å². The van der Waals surface area contributed by atoms with Crippen molar-refractivity contribution >= 4 is 143 Å². The van der Waals surface area contributed by atoms with E-state index < -0.39 is 0 Å². The molecule has 0 amide bonds. The lowest BCUT2D eigenvalue weighted by Crippen LogP contribution is -2.64. The fourth-order valence-corrected chi connectivity index (χ4v) is 20.0. The summed E-state index contributed by atoms with van der Waals surface area (Å²) in [7, 11) is 0. The van der Waals surface area contributed by atoms with Gasteiger partial charge in [0.25, 0.3) is 6.71 Å². The van der Waals surface area contributed by atoms with Gasteiger partial charge in [0.2, 0.25) is 6.71 Å². The van der Waals surface area contributed by atoms with Crippen molar-refractivity contribution in [3.8, 4) is 66.8 Å². The van der Waals surface area contributed by atoms with Crippen LogP contribution in [0.5, 0.6) is 0 Å². The highest BCUT2D eigenvalue weighted by molar-refractivity contribution is 8.00. The maximum Gasteiger partial charge on any atom is 0.252 e. The molecule has 0 saturated heterocycles. The van der Waals surface area contributed by atoms with Crippen LogP contribution in [0.25, 0.3) is 66.8 Å². The molecule has 8 heteroatoms. The van der Waals surface area contributed by atoms with Crippen LogP contribution in [0.4, 0.5) is 85.3 Å². The van der Waals surface area contributed by atoms with E-state index in [9.17, 15) is 0 Å². The van der Waals surface area contributed by atoms with Gasteiger partial charge in [0, 0.05) is 94.4 Å². The summed E-state index contributed by atoms with van der Waals surface area (Å²) >= 11 is 1.91. The van der Waals surface area contributed by atoms with Crippen molar-refractivity contribution in [1.29, 1.82) is 0 Å². The summed E-state index contributed by atoms with van der Waals surface area (Å²) < 4.78 is 0. The Labute approximate surface area is 682 Å². The molecule has 116 heavy (non-hydrogen) atoms. The first-order chi connectivity index (χ1) is 57.6. The fraction of sp³-hybridized carbons (Fsp3) is 0. The first-order valence-corrected chi connectivity index (χ1v) is 40.8. The SMILES string of the molecule is c1ccc(-c2ccccc2N(c2ccccc2)c2cc3c4c(c2)N(c2ccccc2-c2ccccc2)c2ccccc2B4c2cc4c(cc2S3)N(c2c(-c3ccccc3)cccc2-c2ccccc2)c2cc(N(c3ccccc3)c3ccccc3-c3ccccc3)cc3c2B4c2ccccc2N3c2ccccc2-c2ccccc2)cc1. The highest BCUT2D eigenvalue weighted by Crippen LogP contribution is 2.56. The number of benzene rings is 18. The van der Waals surface area contributed by atoms with Gasteiger partial charge in [-0.3, -0.25) is 0 Å². The second kappa shape index (κ2) is 28.9. The molecule has 4 aliphatic heterocycles. The topological polar surface area (TPSA) is 16.2 Å². The predicted octanol–water partition coefficient (Wildman–Crippen LogP) is 25.5. The number of hydrogen-bond acceptors (Lipinski definition) is 6. The van der Waals surface area contributed by atoms with Gasteiger partial charge in [0.05, 0.1) is 34.1 Å².